The Morgan fingerprint density at radius 2 is 1.97 bits per heavy atom. The molecule has 0 amide bonds. The molecular weight excluding hydrogens is 572 g/mol. The Hall–Kier alpha value is -0.910. The lowest BCUT2D eigenvalue weighted by molar-refractivity contribution is 0.344. The summed E-state index contributed by atoms with van der Waals surface area (Å²) >= 11 is 9.52. The fourth-order valence-electron chi connectivity index (χ4n) is 3.05. The summed E-state index contributed by atoms with van der Waals surface area (Å²) in [6, 6.07) is 7.68. The van der Waals surface area contributed by atoms with Crippen molar-refractivity contribution in [2.24, 2.45) is 7.05 Å². The van der Waals surface area contributed by atoms with Gasteiger partial charge in [0, 0.05) is 24.7 Å². The van der Waals surface area contributed by atoms with Crippen molar-refractivity contribution in [2.45, 2.75) is 44.6 Å². The zero-order valence-corrected chi connectivity index (χ0v) is 22.1. The van der Waals surface area contributed by atoms with E-state index in [0.717, 1.165) is 5.56 Å². The standard InChI is InChI=1S/C19H24ClIN5O3PS/c1-12(2)23-31-18-22-16-15(26(18)11-13-5-7-14(20)8-6-13)17(27)25(19(28)24(16)3)9-4-10-29-30-21/h5-8,12,23,30H,4,9-11H2,1-3H3. The van der Waals surface area contributed by atoms with Gasteiger partial charge in [-0.15, -0.1) is 0 Å². The maximum atomic E-state index is 13.4. The molecule has 0 aliphatic rings. The molecule has 0 spiro atoms. The normalized spacial score (nSPS) is 12.1. The van der Waals surface area contributed by atoms with Gasteiger partial charge in [0.1, 0.15) is 0 Å². The van der Waals surface area contributed by atoms with Gasteiger partial charge in [-0.05, 0) is 72.0 Å². The number of aryl methyl sites for hydroxylation is 1. The SMILES string of the molecule is CC(C)NSc1nc2c(c(=O)n(CCCOPI)c(=O)n2C)n1Cc1ccc(Cl)cc1. The van der Waals surface area contributed by atoms with Crippen LogP contribution in [-0.2, 0) is 24.7 Å². The van der Waals surface area contributed by atoms with E-state index < -0.39 is 0 Å². The van der Waals surface area contributed by atoms with E-state index in [1.54, 1.807) is 7.05 Å². The lowest BCUT2D eigenvalue weighted by atomic mass is 10.2. The minimum atomic E-state index is -0.376. The van der Waals surface area contributed by atoms with Crippen molar-refractivity contribution in [3.8, 4) is 0 Å². The Morgan fingerprint density at radius 3 is 2.61 bits per heavy atom. The Balaban J connectivity index is 2.13. The highest BCUT2D eigenvalue weighted by molar-refractivity contribution is 14.2. The molecule has 1 unspecified atom stereocenters. The van der Waals surface area contributed by atoms with E-state index in [0.29, 0.717) is 53.9 Å². The summed E-state index contributed by atoms with van der Waals surface area (Å²) in [7, 11) is 1.65. The number of nitrogens with zero attached hydrogens (tertiary/aromatic N) is 4. The maximum absolute atomic E-state index is 13.4. The van der Waals surface area contributed by atoms with Crippen LogP contribution < -0.4 is 16.0 Å². The average molecular weight is 596 g/mol. The second-order valence-electron chi connectivity index (χ2n) is 7.23. The highest BCUT2D eigenvalue weighted by Crippen LogP contribution is 2.23. The van der Waals surface area contributed by atoms with Gasteiger partial charge in [0.25, 0.3) is 5.56 Å². The first-order chi connectivity index (χ1) is 14.8. The second kappa shape index (κ2) is 11.3. The number of aromatic nitrogens is 4. The number of hydrogen-bond donors (Lipinski definition) is 1. The minimum Gasteiger partial charge on any atom is -0.352 e. The van der Waals surface area contributed by atoms with Gasteiger partial charge < -0.3 is 9.09 Å². The summed E-state index contributed by atoms with van der Waals surface area (Å²) in [6.45, 7) is 5.63. The lowest BCUT2D eigenvalue weighted by Crippen LogP contribution is -2.40. The van der Waals surface area contributed by atoms with Crippen LogP contribution in [0.15, 0.2) is 39.0 Å². The molecule has 0 radical (unpaired) electrons. The third-order valence-electron chi connectivity index (χ3n) is 4.52. The predicted octanol–water partition coefficient (Wildman–Crippen LogP) is 3.95. The van der Waals surface area contributed by atoms with E-state index in [4.69, 9.17) is 16.1 Å². The number of nitrogens with one attached hydrogen (secondary N) is 1. The molecule has 168 valence electrons. The van der Waals surface area contributed by atoms with Crippen LogP contribution in [0.25, 0.3) is 11.2 Å². The van der Waals surface area contributed by atoms with Crippen molar-refractivity contribution in [1.82, 2.24) is 23.4 Å². The molecule has 31 heavy (non-hydrogen) atoms. The van der Waals surface area contributed by atoms with Gasteiger partial charge in [-0.3, -0.25) is 18.7 Å². The molecule has 2 heterocycles. The van der Waals surface area contributed by atoms with Crippen molar-refractivity contribution >= 4 is 63.2 Å². The number of benzene rings is 1. The summed E-state index contributed by atoms with van der Waals surface area (Å²) in [5.41, 5.74) is 1.04. The maximum Gasteiger partial charge on any atom is 0.332 e. The van der Waals surface area contributed by atoms with E-state index in [1.807, 2.05) is 42.7 Å². The van der Waals surface area contributed by atoms with Gasteiger partial charge in [-0.25, -0.2) is 9.78 Å². The zero-order valence-electron chi connectivity index (χ0n) is 17.4. The molecule has 0 aliphatic heterocycles. The molecule has 0 saturated heterocycles. The first kappa shape index (κ1) is 24.7. The van der Waals surface area contributed by atoms with Gasteiger partial charge in [-0.1, -0.05) is 23.7 Å². The fourth-order valence-corrected chi connectivity index (χ4v) is 4.80. The van der Waals surface area contributed by atoms with Gasteiger partial charge in [-0.2, -0.15) is 0 Å². The van der Waals surface area contributed by atoms with Crippen molar-refractivity contribution in [1.29, 1.82) is 0 Å². The molecule has 12 heteroatoms. The van der Waals surface area contributed by atoms with E-state index in [1.165, 1.54) is 21.1 Å². The lowest BCUT2D eigenvalue weighted by Gasteiger charge is -2.12. The van der Waals surface area contributed by atoms with Gasteiger partial charge >= 0.3 is 5.69 Å². The molecule has 0 fully saturated rings. The number of imidazole rings is 1. The molecule has 1 atom stereocenters. The second-order valence-corrected chi connectivity index (χ2v) is 10.2. The molecule has 0 bridgehead atoms. The van der Waals surface area contributed by atoms with Gasteiger partial charge in [0.15, 0.2) is 16.3 Å². The summed E-state index contributed by atoms with van der Waals surface area (Å²) in [5, 5.41) is 1.27. The van der Waals surface area contributed by atoms with E-state index in [-0.39, 0.29) is 17.3 Å². The smallest absolute Gasteiger partial charge is 0.332 e. The first-order valence-electron chi connectivity index (χ1n) is 9.67. The van der Waals surface area contributed by atoms with Crippen LogP contribution in [0.3, 0.4) is 0 Å². The highest BCUT2D eigenvalue weighted by atomic mass is 127. The Bertz CT molecular complexity index is 1160. The fraction of sp³-hybridized carbons (Fsp3) is 0.421. The van der Waals surface area contributed by atoms with Crippen molar-refractivity contribution in [3.63, 3.8) is 0 Å². The highest BCUT2D eigenvalue weighted by Gasteiger charge is 2.21. The third kappa shape index (κ3) is 5.91. The molecule has 8 nitrogen and oxygen atoms in total. The number of rotatable bonds is 10. The van der Waals surface area contributed by atoms with Crippen LogP contribution in [0.4, 0.5) is 0 Å². The van der Waals surface area contributed by atoms with E-state index in [2.05, 4.69) is 31.7 Å². The average Bonchev–Trinajstić information content (AvgIpc) is 3.10. The molecule has 1 N–H and O–H groups in total. The van der Waals surface area contributed by atoms with Crippen molar-refractivity contribution < 1.29 is 4.52 Å². The first-order valence-corrected chi connectivity index (χ1v) is 14.9. The molecule has 3 rings (SSSR count). The topological polar surface area (TPSA) is 83.1 Å². The molecule has 3 aromatic rings. The number of fused-ring (bicyclic) bond motifs is 1. The number of hydrogen-bond acceptors (Lipinski definition) is 6. The van der Waals surface area contributed by atoms with Crippen molar-refractivity contribution in [2.75, 3.05) is 6.61 Å². The van der Waals surface area contributed by atoms with Crippen LogP contribution in [0, 0.1) is 0 Å². The van der Waals surface area contributed by atoms with E-state index >= 15 is 0 Å². The molecule has 0 aliphatic carbocycles. The van der Waals surface area contributed by atoms with Crippen LogP contribution in [0.5, 0.6) is 0 Å². The quantitative estimate of drug-likeness (QED) is 0.165. The third-order valence-corrected chi connectivity index (χ3v) is 7.10. The molecule has 2 aromatic heterocycles. The summed E-state index contributed by atoms with van der Waals surface area (Å²) in [4.78, 5) is 30.9. The monoisotopic (exact) mass is 595 g/mol. The van der Waals surface area contributed by atoms with Crippen LogP contribution >= 0.6 is 52.0 Å². The summed E-state index contributed by atoms with van der Waals surface area (Å²) in [5.74, 6) is 0. The Labute approximate surface area is 204 Å². The predicted molar refractivity (Wildman–Crippen MR) is 137 cm³/mol. The van der Waals surface area contributed by atoms with Gasteiger partial charge in [0.05, 0.1) is 19.6 Å². The number of halogens is 2. The Kier molecular flexibility index (Phi) is 9.01. The van der Waals surface area contributed by atoms with Crippen LogP contribution in [0.2, 0.25) is 5.02 Å². The summed E-state index contributed by atoms with van der Waals surface area (Å²) < 4.78 is 13.2. The molecule has 0 saturated carbocycles. The largest absolute Gasteiger partial charge is 0.352 e. The van der Waals surface area contributed by atoms with Crippen LogP contribution in [-0.4, -0.2) is 31.3 Å². The minimum absolute atomic E-state index is 0.216. The van der Waals surface area contributed by atoms with Crippen LogP contribution in [0.1, 0.15) is 25.8 Å². The van der Waals surface area contributed by atoms with Gasteiger partial charge in [0.2, 0.25) is 0 Å². The molecule has 1 aromatic carbocycles. The van der Waals surface area contributed by atoms with Crippen molar-refractivity contribution in [3.05, 3.63) is 55.7 Å². The Morgan fingerprint density at radius 1 is 1.26 bits per heavy atom. The summed E-state index contributed by atoms with van der Waals surface area (Å²) in [6.07, 6.45) is 0.582. The zero-order chi connectivity index (χ0) is 22.5. The van der Waals surface area contributed by atoms with E-state index in [9.17, 15) is 9.59 Å². The molecular formula is C19H24ClIN5O3PS.